The third-order valence-corrected chi connectivity index (χ3v) is 0.369. The third kappa shape index (κ3) is 3.96. The standard InChI is InChI=1S/C4H7ClO/c1-4(2,5)3-6/h3H,1-2H3. The van der Waals surface area contributed by atoms with Crippen molar-refractivity contribution >= 4 is 17.9 Å². The number of alkyl halides is 1. The molecular weight excluding hydrogens is 99.5 g/mol. The van der Waals surface area contributed by atoms with Crippen LogP contribution in [0.3, 0.4) is 0 Å². The van der Waals surface area contributed by atoms with Crippen molar-refractivity contribution in [1.82, 2.24) is 0 Å². The van der Waals surface area contributed by atoms with Gasteiger partial charge in [-0.25, -0.2) is 0 Å². The molecule has 0 aliphatic carbocycles. The van der Waals surface area contributed by atoms with Crippen LogP contribution >= 0.6 is 11.6 Å². The largest absolute Gasteiger partial charge is 0.301 e. The summed E-state index contributed by atoms with van der Waals surface area (Å²) in [4.78, 5) is 9.03. The summed E-state index contributed by atoms with van der Waals surface area (Å²) in [6, 6.07) is 0. The second-order valence-corrected chi connectivity index (χ2v) is 2.66. The van der Waals surface area contributed by atoms with Gasteiger partial charge in [-0.05, 0) is 13.8 Å². The lowest BCUT2D eigenvalue weighted by molar-refractivity contribution is -0.109. The summed E-state index contributed by atoms with van der Waals surface area (Å²) in [5, 5.41) is 0. The molecule has 0 unspecified atom stereocenters. The van der Waals surface area contributed by atoms with E-state index in [1.165, 1.54) is 0 Å². The molecule has 0 aromatic carbocycles. The second kappa shape index (κ2) is 1.61. The molecule has 0 amide bonds. The van der Waals surface area contributed by atoms with E-state index in [1.54, 1.807) is 13.8 Å². The average Bonchev–Trinajstić information content (AvgIpc) is 1.35. The van der Waals surface area contributed by atoms with Crippen LogP contribution < -0.4 is 0 Å². The molecule has 0 radical (unpaired) electrons. The van der Waals surface area contributed by atoms with Gasteiger partial charge in [0.05, 0.1) is 4.87 Å². The van der Waals surface area contributed by atoms with Gasteiger partial charge in [-0.3, -0.25) is 0 Å². The predicted molar refractivity (Wildman–Crippen MR) is 26.0 cm³/mol. The summed E-state index contributed by atoms with van der Waals surface area (Å²) in [7, 11) is 0. The Hall–Kier alpha value is -0.0400. The quantitative estimate of drug-likeness (QED) is 0.363. The predicted octanol–water partition coefficient (Wildman–Crippen LogP) is 1.20. The van der Waals surface area contributed by atoms with E-state index in [1.807, 2.05) is 0 Å². The molecule has 2 heteroatoms. The summed E-state index contributed by atoms with van der Waals surface area (Å²) in [5.41, 5.74) is 0. The Balaban J connectivity index is 3.45. The van der Waals surface area contributed by atoms with Crippen molar-refractivity contribution in [3.8, 4) is 0 Å². The van der Waals surface area contributed by atoms with Gasteiger partial charge in [-0.1, -0.05) is 0 Å². The van der Waals surface area contributed by atoms with Crippen LogP contribution in [0.5, 0.6) is 0 Å². The van der Waals surface area contributed by atoms with Gasteiger partial charge in [-0.2, -0.15) is 0 Å². The molecule has 1 nitrogen and oxygen atoms in total. The smallest absolute Gasteiger partial charge is 0.140 e. The van der Waals surface area contributed by atoms with Gasteiger partial charge < -0.3 is 4.79 Å². The molecule has 0 aromatic rings. The molecule has 0 rings (SSSR count). The maximum atomic E-state index is 9.69. The van der Waals surface area contributed by atoms with Crippen LogP contribution in [0.15, 0.2) is 0 Å². The maximum Gasteiger partial charge on any atom is 0.140 e. The third-order valence-electron chi connectivity index (χ3n) is 0.280. The number of rotatable bonds is 1. The van der Waals surface area contributed by atoms with E-state index in [4.69, 9.17) is 11.6 Å². The molecule has 0 spiro atoms. The summed E-state index contributed by atoms with van der Waals surface area (Å²) >= 11 is 5.35. The summed E-state index contributed by atoms with van der Waals surface area (Å²) in [5.74, 6) is 0. The molecule has 0 heterocycles. The lowest BCUT2D eigenvalue weighted by atomic mass is 10.2. The van der Waals surface area contributed by atoms with E-state index in [9.17, 15) is 4.79 Å². The maximum absolute atomic E-state index is 9.69. The van der Waals surface area contributed by atoms with Crippen molar-refractivity contribution in [2.45, 2.75) is 18.7 Å². The van der Waals surface area contributed by atoms with E-state index in [-0.39, 0.29) is 0 Å². The molecule has 36 valence electrons. The van der Waals surface area contributed by atoms with Crippen molar-refractivity contribution in [3.05, 3.63) is 0 Å². The molecule has 0 aliphatic heterocycles. The van der Waals surface area contributed by atoms with E-state index in [2.05, 4.69) is 0 Å². The van der Waals surface area contributed by atoms with Gasteiger partial charge >= 0.3 is 0 Å². The Morgan fingerprint density at radius 1 is 1.67 bits per heavy atom. The number of aldehydes is 1. The fourth-order valence-electron chi connectivity index (χ4n) is 0. The Bertz CT molecular complexity index is 53.1. The highest BCUT2D eigenvalue weighted by Crippen LogP contribution is 2.05. The SMILES string of the molecule is CC(C)(Cl)C=O. The molecule has 0 aliphatic rings. The molecule has 6 heavy (non-hydrogen) atoms. The second-order valence-electron chi connectivity index (χ2n) is 1.68. The summed E-state index contributed by atoms with van der Waals surface area (Å²) in [6.45, 7) is 3.28. The van der Waals surface area contributed by atoms with Gasteiger partial charge in [0.25, 0.3) is 0 Å². The first kappa shape index (κ1) is 5.96. The van der Waals surface area contributed by atoms with Crippen molar-refractivity contribution in [2.24, 2.45) is 0 Å². The summed E-state index contributed by atoms with van der Waals surface area (Å²) < 4.78 is 0. The minimum atomic E-state index is -0.667. The zero-order valence-corrected chi connectivity index (χ0v) is 4.62. The fourth-order valence-corrected chi connectivity index (χ4v) is 0. The number of halogens is 1. The van der Waals surface area contributed by atoms with Crippen LogP contribution in [0, 0.1) is 0 Å². The zero-order valence-electron chi connectivity index (χ0n) is 3.86. The highest BCUT2D eigenvalue weighted by Gasteiger charge is 2.08. The molecule has 0 N–H and O–H groups in total. The van der Waals surface area contributed by atoms with Gasteiger partial charge in [0, 0.05) is 0 Å². The van der Waals surface area contributed by atoms with E-state index in [0.29, 0.717) is 6.29 Å². The molecule has 0 aromatic heterocycles. The van der Waals surface area contributed by atoms with Gasteiger partial charge in [0.2, 0.25) is 0 Å². The normalized spacial score (nSPS) is 11.2. The van der Waals surface area contributed by atoms with Crippen LogP contribution in [0.1, 0.15) is 13.8 Å². The molecule has 0 bridgehead atoms. The molecule has 0 atom stereocenters. The average molecular weight is 107 g/mol. The highest BCUT2D eigenvalue weighted by atomic mass is 35.5. The Morgan fingerprint density at radius 3 is 1.83 bits per heavy atom. The van der Waals surface area contributed by atoms with Crippen molar-refractivity contribution < 1.29 is 4.79 Å². The van der Waals surface area contributed by atoms with Crippen molar-refractivity contribution in [2.75, 3.05) is 0 Å². The van der Waals surface area contributed by atoms with E-state index < -0.39 is 4.87 Å². The fraction of sp³-hybridized carbons (Fsp3) is 0.750. The first-order chi connectivity index (χ1) is 2.56. The van der Waals surface area contributed by atoms with Crippen molar-refractivity contribution in [1.29, 1.82) is 0 Å². The first-order valence-corrected chi connectivity index (χ1v) is 2.09. The Labute approximate surface area is 42.3 Å². The van der Waals surface area contributed by atoms with Crippen molar-refractivity contribution in [3.63, 3.8) is 0 Å². The van der Waals surface area contributed by atoms with Gasteiger partial charge in [-0.15, -0.1) is 11.6 Å². The number of carbonyl (C=O) groups excluding carboxylic acids is 1. The molecule has 0 saturated heterocycles. The minimum absolute atomic E-state index is 0.667. The number of hydrogen-bond acceptors (Lipinski definition) is 1. The van der Waals surface area contributed by atoms with E-state index >= 15 is 0 Å². The van der Waals surface area contributed by atoms with Gasteiger partial charge in [0.1, 0.15) is 6.29 Å². The van der Waals surface area contributed by atoms with E-state index in [0.717, 1.165) is 0 Å². The summed E-state index contributed by atoms with van der Waals surface area (Å²) in [6.07, 6.45) is 0.703. The minimum Gasteiger partial charge on any atom is -0.301 e. The lowest BCUT2D eigenvalue weighted by Gasteiger charge is -2.00. The monoisotopic (exact) mass is 106 g/mol. The number of hydrogen-bond donors (Lipinski definition) is 0. The van der Waals surface area contributed by atoms with Crippen LogP contribution in [0.25, 0.3) is 0 Å². The van der Waals surface area contributed by atoms with Gasteiger partial charge in [0.15, 0.2) is 0 Å². The highest BCUT2D eigenvalue weighted by molar-refractivity contribution is 6.30. The lowest BCUT2D eigenvalue weighted by Crippen LogP contribution is -2.10. The van der Waals surface area contributed by atoms with Crippen LogP contribution in [0.2, 0.25) is 0 Å². The van der Waals surface area contributed by atoms with Crippen LogP contribution in [0.4, 0.5) is 0 Å². The Morgan fingerprint density at radius 2 is 1.83 bits per heavy atom. The topological polar surface area (TPSA) is 17.1 Å². The van der Waals surface area contributed by atoms with Crippen LogP contribution in [-0.4, -0.2) is 11.2 Å². The first-order valence-electron chi connectivity index (χ1n) is 1.71. The molecule has 0 fully saturated rings. The zero-order chi connectivity index (χ0) is 5.21. The molecular formula is C4H7ClO. The number of carbonyl (C=O) groups is 1. The Kier molecular flexibility index (Phi) is 1.59. The molecule has 0 saturated carbocycles. The van der Waals surface area contributed by atoms with Crippen LogP contribution in [-0.2, 0) is 4.79 Å².